The van der Waals surface area contributed by atoms with Crippen molar-refractivity contribution in [1.82, 2.24) is 9.97 Å². The van der Waals surface area contributed by atoms with E-state index in [1.54, 1.807) is 68.9 Å². The van der Waals surface area contributed by atoms with Gasteiger partial charge < -0.3 is 24.5 Å². The van der Waals surface area contributed by atoms with Crippen molar-refractivity contribution in [2.24, 2.45) is 0 Å². The average molecular weight is 467 g/mol. The SMILES string of the molecule is COc1cc2nccc(Oc3ccc(NC(=O)c4cc5ccccc5[nH]c4=O)cc3)c2cc1OC. The zero-order chi connectivity index (χ0) is 24.4. The molecule has 0 aliphatic heterocycles. The number of H-pyrrole nitrogens is 1. The van der Waals surface area contributed by atoms with Gasteiger partial charge in [-0.05, 0) is 53.9 Å². The summed E-state index contributed by atoms with van der Waals surface area (Å²) in [6.07, 6.45) is 1.65. The van der Waals surface area contributed by atoms with E-state index in [1.165, 1.54) is 0 Å². The van der Waals surface area contributed by atoms with Crippen LogP contribution in [-0.2, 0) is 0 Å². The summed E-state index contributed by atoms with van der Waals surface area (Å²) in [5.41, 5.74) is 1.50. The lowest BCUT2D eigenvalue weighted by molar-refractivity contribution is 0.102. The number of hydrogen-bond donors (Lipinski definition) is 2. The van der Waals surface area contributed by atoms with Crippen molar-refractivity contribution in [2.75, 3.05) is 19.5 Å². The minimum absolute atomic E-state index is 0.0386. The molecular formula is C27H21N3O5. The van der Waals surface area contributed by atoms with Crippen molar-refractivity contribution < 1.29 is 19.0 Å². The first-order chi connectivity index (χ1) is 17.1. The number of hydrogen-bond acceptors (Lipinski definition) is 6. The van der Waals surface area contributed by atoms with Gasteiger partial charge in [0, 0.05) is 28.9 Å². The van der Waals surface area contributed by atoms with Gasteiger partial charge in [0.05, 0.1) is 19.7 Å². The Morgan fingerprint density at radius 3 is 2.40 bits per heavy atom. The summed E-state index contributed by atoms with van der Waals surface area (Å²) in [5.74, 6) is 1.81. The summed E-state index contributed by atoms with van der Waals surface area (Å²) in [4.78, 5) is 32.2. The molecule has 8 heteroatoms. The number of ether oxygens (including phenoxy) is 3. The molecule has 2 N–H and O–H groups in total. The highest BCUT2D eigenvalue weighted by Crippen LogP contribution is 2.37. The standard InChI is InChI=1S/C27H21N3O5/c1-33-24-14-19-22(15-25(24)34-2)28-12-11-23(19)35-18-9-7-17(8-10-18)29-26(31)20-13-16-5-3-4-6-21(16)30-27(20)32/h3-15H,1-2H3,(H,29,31)(H,30,32). The zero-order valence-electron chi connectivity index (χ0n) is 19.0. The predicted molar refractivity (Wildman–Crippen MR) is 134 cm³/mol. The fourth-order valence-electron chi connectivity index (χ4n) is 3.78. The molecule has 0 fully saturated rings. The molecule has 174 valence electrons. The van der Waals surface area contributed by atoms with Crippen LogP contribution in [0.2, 0.25) is 0 Å². The van der Waals surface area contributed by atoms with Crippen LogP contribution in [0.4, 0.5) is 5.69 Å². The molecule has 2 aromatic heterocycles. The Kier molecular flexibility index (Phi) is 5.76. The highest BCUT2D eigenvalue weighted by atomic mass is 16.5. The quantitative estimate of drug-likeness (QED) is 0.359. The fraction of sp³-hybridized carbons (Fsp3) is 0.0741. The van der Waals surface area contributed by atoms with E-state index in [9.17, 15) is 9.59 Å². The molecule has 0 atom stereocenters. The Morgan fingerprint density at radius 2 is 1.63 bits per heavy atom. The van der Waals surface area contributed by atoms with E-state index in [2.05, 4.69) is 15.3 Å². The Hall–Kier alpha value is -4.85. The van der Waals surface area contributed by atoms with Gasteiger partial charge in [0.1, 0.15) is 17.1 Å². The third-order valence-corrected chi connectivity index (χ3v) is 5.54. The Morgan fingerprint density at radius 1 is 0.886 bits per heavy atom. The van der Waals surface area contributed by atoms with E-state index in [-0.39, 0.29) is 5.56 Å². The van der Waals surface area contributed by atoms with Crippen molar-refractivity contribution >= 4 is 33.4 Å². The van der Waals surface area contributed by atoms with E-state index in [1.807, 2.05) is 24.3 Å². The molecule has 0 bridgehead atoms. The van der Waals surface area contributed by atoms with Crippen LogP contribution in [0.5, 0.6) is 23.0 Å². The number of methoxy groups -OCH3 is 2. The van der Waals surface area contributed by atoms with Gasteiger partial charge in [-0.1, -0.05) is 18.2 Å². The Labute approximate surface area is 200 Å². The number of nitrogens with zero attached hydrogens (tertiary/aromatic N) is 1. The molecule has 8 nitrogen and oxygen atoms in total. The topological polar surface area (TPSA) is 103 Å². The summed E-state index contributed by atoms with van der Waals surface area (Å²) in [7, 11) is 3.14. The second kappa shape index (κ2) is 9.18. The summed E-state index contributed by atoms with van der Waals surface area (Å²) in [6, 6.07) is 21.1. The van der Waals surface area contributed by atoms with Crippen molar-refractivity contribution in [3.8, 4) is 23.0 Å². The van der Waals surface area contributed by atoms with Gasteiger partial charge in [0.2, 0.25) is 0 Å². The van der Waals surface area contributed by atoms with Crippen molar-refractivity contribution in [1.29, 1.82) is 0 Å². The number of carbonyl (C=O) groups is 1. The van der Waals surface area contributed by atoms with Crippen LogP contribution in [0.25, 0.3) is 21.8 Å². The van der Waals surface area contributed by atoms with Crippen LogP contribution in [-0.4, -0.2) is 30.1 Å². The minimum atomic E-state index is -0.494. The Balaban J connectivity index is 1.36. The molecule has 0 unspecified atom stereocenters. The van der Waals surface area contributed by atoms with Crippen LogP contribution in [0.3, 0.4) is 0 Å². The van der Waals surface area contributed by atoms with Gasteiger partial charge >= 0.3 is 0 Å². The normalized spacial score (nSPS) is 10.8. The number of amides is 1. The molecule has 2 heterocycles. The number of carbonyl (C=O) groups excluding carboxylic acids is 1. The number of nitrogens with one attached hydrogen (secondary N) is 2. The maximum absolute atomic E-state index is 12.7. The van der Waals surface area contributed by atoms with Crippen molar-refractivity contribution in [2.45, 2.75) is 0 Å². The molecule has 0 saturated carbocycles. The maximum atomic E-state index is 12.7. The van der Waals surface area contributed by atoms with Crippen LogP contribution in [0.15, 0.2) is 83.8 Å². The number of benzene rings is 3. The van der Waals surface area contributed by atoms with Gasteiger partial charge in [-0.15, -0.1) is 0 Å². The van der Waals surface area contributed by atoms with E-state index >= 15 is 0 Å². The number of fused-ring (bicyclic) bond motifs is 2. The summed E-state index contributed by atoms with van der Waals surface area (Å²) < 4.78 is 16.8. The lowest BCUT2D eigenvalue weighted by Crippen LogP contribution is -2.22. The van der Waals surface area contributed by atoms with Gasteiger partial charge in [-0.2, -0.15) is 0 Å². The third-order valence-electron chi connectivity index (χ3n) is 5.54. The second-order valence-electron chi connectivity index (χ2n) is 7.71. The van der Waals surface area contributed by atoms with E-state index in [4.69, 9.17) is 14.2 Å². The van der Waals surface area contributed by atoms with Gasteiger partial charge in [-0.25, -0.2) is 0 Å². The largest absolute Gasteiger partial charge is 0.493 e. The third kappa shape index (κ3) is 4.37. The molecule has 3 aromatic carbocycles. The van der Waals surface area contributed by atoms with Crippen LogP contribution >= 0.6 is 0 Å². The molecule has 1 amide bonds. The maximum Gasteiger partial charge on any atom is 0.261 e. The average Bonchev–Trinajstić information content (AvgIpc) is 2.88. The minimum Gasteiger partial charge on any atom is -0.493 e. The molecule has 0 saturated heterocycles. The number of para-hydroxylation sites is 1. The van der Waals surface area contributed by atoms with Crippen LogP contribution in [0.1, 0.15) is 10.4 Å². The van der Waals surface area contributed by atoms with Crippen LogP contribution in [0, 0.1) is 0 Å². The highest BCUT2D eigenvalue weighted by molar-refractivity contribution is 6.05. The number of anilines is 1. The first-order valence-electron chi connectivity index (χ1n) is 10.8. The first kappa shape index (κ1) is 22.0. The van der Waals surface area contributed by atoms with Crippen molar-refractivity contribution in [3.05, 3.63) is 94.9 Å². The lowest BCUT2D eigenvalue weighted by atomic mass is 10.1. The van der Waals surface area contributed by atoms with E-state index < -0.39 is 11.5 Å². The molecule has 0 radical (unpaired) electrons. The fourth-order valence-corrected chi connectivity index (χ4v) is 3.78. The number of rotatable bonds is 6. The zero-order valence-corrected chi connectivity index (χ0v) is 19.0. The summed E-state index contributed by atoms with van der Waals surface area (Å²) >= 11 is 0. The summed E-state index contributed by atoms with van der Waals surface area (Å²) in [5, 5.41) is 4.30. The predicted octanol–water partition coefficient (Wildman–Crippen LogP) is 5.14. The van der Waals surface area contributed by atoms with Gasteiger partial charge in [0.15, 0.2) is 11.5 Å². The molecule has 0 aliphatic carbocycles. The first-order valence-corrected chi connectivity index (χ1v) is 10.8. The Bertz CT molecular complexity index is 1610. The second-order valence-corrected chi connectivity index (χ2v) is 7.71. The molecule has 0 aliphatic rings. The molecule has 5 aromatic rings. The molecular weight excluding hydrogens is 446 g/mol. The van der Waals surface area contributed by atoms with Crippen LogP contribution < -0.4 is 25.1 Å². The number of aromatic nitrogens is 2. The van der Waals surface area contributed by atoms with E-state index in [0.29, 0.717) is 39.7 Å². The molecule has 5 rings (SSSR count). The van der Waals surface area contributed by atoms with Gasteiger partial charge in [0.25, 0.3) is 11.5 Å². The van der Waals surface area contributed by atoms with Crippen molar-refractivity contribution in [3.63, 3.8) is 0 Å². The van der Waals surface area contributed by atoms with Gasteiger partial charge in [-0.3, -0.25) is 14.6 Å². The lowest BCUT2D eigenvalue weighted by Gasteiger charge is -2.12. The number of pyridine rings is 2. The van der Waals surface area contributed by atoms with E-state index in [0.717, 1.165) is 10.8 Å². The summed E-state index contributed by atoms with van der Waals surface area (Å²) in [6.45, 7) is 0. The monoisotopic (exact) mass is 467 g/mol. The smallest absolute Gasteiger partial charge is 0.261 e. The molecule has 35 heavy (non-hydrogen) atoms. The molecule has 0 spiro atoms. The number of aromatic amines is 1. The highest BCUT2D eigenvalue weighted by Gasteiger charge is 2.14.